The van der Waals surface area contributed by atoms with Crippen molar-refractivity contribution >= 4 is 39.3 Å². The van der Waals surface area contributed by atoms with Gasteiger partial charge in [-0.2, -0.15) is 0 Å². The number of halogens is 1. The third-order valence-corrected chi connectivity index (χ3v) is 4.79. The Morgan fingerprint density at radius 1 is 1.24 bits per heavy atom. The molecule has 0 radical (unpaired) electrons. The number of thioether (sulfide) groups is 1. The smallest absolute Gasteiger partial charge is 0.232 e. The predicted molar refractivity (Wildman–Crippen MR) is 95.7 cm³/mol. The van der Waals surface area contributed by atoms with Gasteiger partial charge in [0, 0.05) is 28.1 Å². The number of carbonyl (C=O) groups is 1. The number of anilines is 1. The Morgan fingerprint density at radius 2 is 1.86 bits per heavy atom. The highest BCUT2D eigenvalue weighted by Gasteiger charge is 2.13. The van der Waals surface area contributed by atoms with Crippen LogP contribution in [-0.2, 0) is 4.79 Å². The van der Waals surface area contributed by atoms with Gasteiger partial charge in [-0.25, -0.2) is 0 Å². The van der Waals surface area contributed by atoms with Gasteiger partial charge in [-0.3, -0.25) is 4.79 Å². The summed E-state index contributed by atoms with van der Waals surface area (Å²) in [5.41, 5.74) is 6.67. The van der Waals surface area contributed by atoms with Gasteiger partial charge in [0.2, 0.25) is 5.91 Å². The van der Waals surface area contributed by atoms with E-state index in [2.05, 4.69) is 29.8 Å². The maximum Gasteiger partial charge on any atom is 0.232 e. The van der Waals surface area contributed by atoms with Crippen molar-refractivity contribution in [2.45, 2.75) is 44.4 Å². The molecule has 1 amide bonds. The molecule has 5 heteroatoms. The number of rotatable bonds is 9. The first-order chi connectivity index (χ1) is 10.1. The van der Waals surface area contributed by atoms with Crippen LogP contribution in [0.1, 0.15) is 39.5 Å². The number of nitrogens with two attached hydrogens (primary N) is 1. The second-order valence-electron chi connectivity index (χ2n) is 5.06. The molecule has 0 fully saturated rings. The first-order valence-corrected chi connectivity index (χ1v) is 9.32. The normalized spacial score (nSPS) is 10.6. The number of nitrogen functional groups attached to an aromatic ring is 1. The van der Waals surface area contributed by atoms with Crippen LogP contribution in [0.3, 0.4) is 0 Å². The molecule has 1 rings (SSSR count). The molecule has 0 saturated heterocycles. The zero-order valence-electron chi connectivity index (χ0n) is 12.9. The van der Waals surface area contributed by atoms with E-state index in [1.165, 1.54) is 11.8 Å². The predicted octanol–water partition coefficient (Wildman–Crippen LogP) is 4.55. The van der Waals surface area contributed by atoms with E-state index in [1.807, 2.05) is 23.1 Å². The van der Waals surface area contributed by atoms with Crippen molar-refractivity contribution < 1.29 is 4.79 Å². The lowest BCUT2D eigenvalue weighted by Gasteiger charge is -2.22. The fraction of sp³-hybridized carbons (Fsp3) is 0.562. The van der Waals surface area contributed by atoms with Crippen molar-refractivity contribution in [1.82, 2.24) is 4.90 Å². The van der Waals surface area contributed by atoms with Gasteiger partial charge < -0.3 is 10.6 Å². The van der Waals surface area contributed by atoms with Gasteiger partial charge in [0.1, 0.15) is 0 Å². The lowest BCUT2D eigenvalue weighted by atomic mass is 10.2. The fourth-order valence-corrected chi connectivity index (χ4v) is 3.34. The molecular weight excluding hydrogens is 348 g/mol. The first kappa shape index (κ1) is 18.4. The Kier molecular flexibility index (Phi) is 8.85. The molecule has 0 aliphatic rings. The van der Waals surface area contributed by atoms with Gasteiger partial charge in [0.25, 0.3) is 0 Å². The Bertz CT molecular complexity index is 446. The summed E-state index contributed by atoms with van der Waals surface area (Å²) in [6.45, 7) is 6.03. The molecule has 1 aromatic carbocycles. The van der Waals surface area contributed by atoms with Crippen LogP contribution in [-0.4, -0.2) is 29.6 Å². The molecule has 21 heavy (non-hydrogen) atoms. The topological polar surface area (TPSA) is 46.3 Å². The van der Waals surface area contributed by atoms with E-state index in [-0.39, 0.29) is 5.91 Å². The quantitative estimate of drug-likeness (QED) is 0.510. The Morgan fingerprint density at radius 3 is 2.43 bits per heavy atom. The van der Waals surface area contributed by atoms with E-state index >= 15 is 0 Å². The highest BCUT2D eigenvalue weighted by molar-refractivity contribution is 9.10. The van der Waals surface area contributed by atoms with Crippen molar-refractivity contribution in [2.75, 3.05) is 24.6 Å². The average molecular weight is 373 g/mol. The van der Waals surface area contributed by atoms with Crippen LogP contribution >= 0.6 is 27.7 Å². The Hall–Kier alpha value is -0.680. The highest BCUT2D eigenvalue weighted by Crippen LogP contribution is 2.28. The van der Waals surface area contributed by atoms with E-state index in [0.29, 0.717) is 5.75 Å². The summed E-state index contributed by atoms with van der Waals surface area (Å²) in [5, 5.41) is 0. The molecule has 0 aliphatic heterocycles. The van der Waals surface area contributed by atoms with Gasteiger partial charge in [-0.05, 0) is 31.0 Å². The van der Waals surface area contributed by atoms with Crippen LogP contribution in [0, 0.1) is 0 Å². The molecular formula is C16H25BrN2OS. The van der Waals surface area contributed by atoms with Crippen LogP contribution in [0.5, 0.6) is 0 Å². The van der Waals surface area contributed by atoms with Gasteiger partial charge in [-0.15, -0.1) is 11.8 Å². The van der Waals surface area contributed by atoms with Crippen LogP contribution in [0.2, 0.25) is 0 Å². The maximum atomic E-state index is 12.4. The van der Waals surface area contributed by atoms with E-state index < -0.39 is 0 Å². The molecule has 3 nitrogen and oxygen atoms in total. The number of amides is 1. The molecule has 0 atom stereocenters. The standard InChI is InChI=1S/C16H25BrN2OS/c1-3-5-9-19(10-6-4-2)16(20)12-21-15-11-13(17)7-8-14(15)18/h7-8,11H,3-6,9-10,12,18H2,1-2H3. The zero-order chi connectivity index (χ0) is 15.7. The maximum absolute atomic E-state index is 12.4. The summed E-state index contributed by atoms with van der Waals surface area (Å²) in [6, 6.07) is 5.74. The molecule has 0 aliphatic carbocycles. The zero-order valence-corrected chi connectivity index (χ0v) is 15.3. The Balaban J connectivity index is 2.57. The Labute approximate surface area is 140 Å². The SMILES string of the molecule is CCCCN(CCCC)C(=O)CSc1cc(Br)ccc1N. The number of hydrogen-bond donors (Lipinski definition) is 1. The summed E-state index contributed by atoms with van der Waals surface area (Å²) in [4.78, 5) is 15.3. The molecule has 0 saturated carbocycles. The molecule has 0 heterocycles. The number of nitrogens with zero attached hydrogens (tertiary/aromatic N) is 1. The molecule has 0 bridgehead atoms. The lowest BCUT2D eigenvalue weighted by molar-refractivity contribution is -0.128. The molecule has 1 aromatic rings. The minimum Gasteiger partial charge on any atom is -0.398 e. The third kappa shape index (κ3) is 6.74. The summed E-state index contributed by atoms with van der Waals surface area (Å²) >= 11 is 4.95. The van der Waals surface area contributed by atoms with Crippen molar-refractivity contribution in [3.05, 3.63) is 22.7 Å². The van der Waals surface area contributed by atoms with Gasteiger partial charge in [0.05, 0.1) is 5.75 Å². The largest absolute Gasteiger partial charge is 0.398 e. The molecule has 2 N–H and O–H groups in total. The highest BCUT2D eigenvalue weighted by atomic mass is 79.9. The van der Waals surface area contributed by atoms with E-state index in [1.54, 1.807) is 0 Å². The number of benzene rings is 1. The first-order valence-electron chi connectivity index (χ1n) is 7.54. The molecule has 118 valence electrons. The third-order valence-electron chi connectivity index (χ3n) is 3.24. The molecule has 0 spiro atoms. The van der Waals surface area contributed by atoms with Gasteiger partial charge >= 0.3 is 0 Å². The minimum absolute atomic E-state index is 0.210. The minimum atomic E-state index is 0.210. The lowest BCUT2D eigenvalue weighted by Crippen LogP contribution is -2.34. The second kappa shape index (κ2) is 10.1. The van der Waals surface area contributed by atoms with E-state index in [9.17, 15) is 4.79 Å². The second-order valence-corrected chi connectivity index (χ2v) is 6.99. The van der Waals surface area contributed by atoms with E-state index in [0.717, 1.165) is 53.8 Å². The van der Waals surface area contributed by atoms with Crippen molar-refractivity contribution in [1.29, 1.82) is 0 Å². The van der Waals surface area contributed by atoms with Crippen LogP contribution in [0.15, 0.2) is 27.6 Å². The van der Waals surface area contributed by atoms with Crippen LogP contribution < -0.4 is 5.73 Å². The van der Waals surface area contributed by atoms with E-state index in [4.69, 9.17) is 5.73 Å². The summed E-state index contributed by atoms with van der Waals surface area (Å²) < 4.78 is 0.987. The summed E-state index contributed by atoms with van der Waals surface area (Å²) in [6.07, 6.45) is 4.36. The van der Waals surface area contributed by atoms with Crippen molar-refractivity contribution in [3.63, 3.8) is 0 Å². The van der Waals surface area contributed by atoms with Crippen LogP contribution in [0.25, 0.3) is 0 Å². The molecule has 0 aromatic heterocycles. The number of carbonyl (C=O) groups excluding carboxylic acids is 1. The van der Waals surface area contributed by atoms with Crippen LogP contribution in [0.4, 0.5) is 5.69 Å². The molecule has 0 unspecified atom stereocenters. The summed E-state index contributed by atoms with van der Waals surface area (Å²) in [5.74, 6) is 0.662. The number of hydrogen-bond acceptors (Lipinski definition) is 3. The number of unbranched alkanes of at least 4 members (excludes halogenated alkanes) is 2. The van der Waals surface area contributed by atoms with Crippen molar-refractivity contribution in [2.24, 2.45) is 0 Å². The van der Waals surface area contributed by atoms with Crippen molar-refractivity contribution in [3.8, 4) is 0 Å². The monoisotopic (exact) mass is 372 g/mol. The van der Waals surface area contributed by atoms with Gasteiger partial charge in [-0.1, -0.05) is 42.6 Å². The van der Waals surface area contributed by atoms with Gasteiger partial charge in [0.15, 0.2) is 0 Å². The summed E-state index contributed by atoms with van der Waals surface area (Å²) in [7, 11) is 0. The fourth-order valence-electron chi connectivity index (χ4n) is 1.92. The average Bonchev–Trinajstić information content (AvgIpc) is 2.48.